The summed E-state index contributed by atoms with van der Waals surface area (Å²) in [6, 6.07) is 20.0. The molecule has 216 valence electrons. The molecule has 1 unspecified atom stereocenters. The van der Waals surface area contributed by atoms with Gasteiger partial charge in [0.05, 0.1) is 6.04 Å². The lowest BCUT2D eigenvalue weighted by atomic mass is 10.0. The number of carbonyl (C=O) groups excluding carboxylic acids is 1. The zero-order valence-electron chi connectivity index (χ0n) is 24.1. The number of benzene rings is 2. The Bertz CT molecular complexity index is 1650. The maximum atomic E-state index is 13.7. The number of rotatable bonds is 6. The molecule has 10 heteroatoms. The van der Waals surface area contributed by atoms with E-state index in [2.05, 4.69) is 50.8 Å². The SMILES string of the molecule is C=CC(=O)N1CCN(c2cc3cnc(Nc4ccc(N5CCN(C)CC5)cc4)nc3n(C)c2=O)C(c2ccccc2)C1. The Labute approximate surface area is 245 Å². The van der Waals surface area contributed by atoms with Crippen molar-refractivity contribution in [1.29, 1.82) is 0 Å². The molecule has 2 aromatic carbocycles. The average molecular weight is 565 g/mol. The van der Waals surface area contributed by atoms with Gasteiger partial charge in [-0.2, -0.15) is 4.98 Å². The summed E-state index contributed by atoms with van der Waals surface area (Å²) in [6.07, 6.45) is 3.10. The van der Waals surface area contributed by atoms with Gasteiger partial charge in [0.25, 0.3) is 5.56 Å². The second-order valence-electron chi connectivity index (χ2n) is 10.9. The number of piperazine rings is 2. The molecule has 0 radical (unpaired) electrons. The van der Waals surface area contributed by atoms with E-state index in [0.717, 1.165) is 42.8 Å². The summed E-state index contributed by atoms with van der Waals surface area (Å²) >= 11 is 0. The van der Waals surface area contributed by atoms with Gasteiger partial charge >= 0.3 is 0 Å². The first-order valence-electron chi connectivity index (χ1n) is 14.3. The van der Waals surface area contributed by atoms with Crippen molar-refractivity contribution in [3.63, 3.8) is 0 Å². The molecule has 2 fully saturated rings. The van der Waals surface area contributed by atoms with Crippen molar-refractivity contribution < 1.29 is 4.79 Å². The number of nitrogens with zero attached hydrogens (tertiary/aromatic N) is 7. The summed E-state index contributed by atoms with van der Waals surface area (Å²) in [7, 11) is 3.89. The number of hydrogen-bond donors (Lipinski definition) is 1. The predicted octanol–water partition coefficient (Wildman–Crippen LogP) is 3.40. The molecule has 0 spiro atoms. The Morgan fingerprint density at radius 2 is 1.71 bits per heavy atom. The zero-order valence-corrected chi connectivity index (χ0v) is 24.1. The fourth-order valence-electron chi connectivity index (χ4n) is 5.81. The van der Waals surface area contributed by atoms with Gasteiger partial charge in [0.1, 0.15) is 11.3 Å². The second kappa shape index (κ2) is 11.7. The van der Waals surface area contributed by atoms with Crippen LogP contribution in [-0.4, -0.2) is 83.1 Å². The zero-order chi connectivity index (χ0) is 29.2. The first-order chi connectivity index (χ1) is 20.4. The Morgan fingerprint density at radius 1 is 0.976 bits per heavy atom. The van der Waals surface area contributed by atoms with Crippen LogP contribution < -0.4 is 20.7 Å². The summed E-state index contributed by atoms with van der Waals surface area (Å²) in [5.74, 6) is 0.320. The molecule has 4 aromatic rings. The number of aromatic nitrogens is 3. The highest BCUT2D eigenvalue weighted by Crippen LogP contribution is 2.31. The normalized spacial score (nSPS) is 17.9. The maximum Gasteiger partial charge on any atom is 0.275 e. The number of nitrogens with one attached hydrogen (secondary N) is 1. The molecule has 10 nitrogen and oxygen atoms in total. The first-order valence-corrected chi connectivity index (χ1v) is 14.3. The molecule has 1 amide bonds. The number of likely N-dealkylation sites (N-methyl/N-ethyl adjacent to an activating group) is 1. The van der Waals surface area contributed by atoms with E-state index in [9.17, 15) is 9.59 Å². The van der Waals surface area contributed by atoms with Crippen LogP contribution in [0.25, 0.3) is 11.0 Å². The van der Waals surface area contributed by atoms with Crippen molar-refractivity contribution >= 4 is 40.0 Å². The molecular weight excluding hydrogens is 528 g/mol. The predicted molar refractivity (Wildman–Crippen MR) is 168 cm³/mol. The lowest BCUT2D eigenvalue weighted by molar-refractivity contribution is -0.126. The van der Waals surface area contributed by atoms with Crippen molar-refractivity contribution in [3.05, 3.63) is 95.4 Å². The molecule has 0 saturated carbocycles. The molecular formula is C32H36N8O2. The summed E-state index contributed by atoms with van der Waals surface area (Å²) in [5, 5.41) is 4.05. The van der Waals surface area contributed by atoms with Gasteiger partial charge in [-0.1, -0.05) is 36.9 Å². The molecule has 4 heterocycles. The molecule has 1 N–H and O–H groups in total. The van der Waals surface area contributed by atoms with E-state index in [-0.39, 0.29) is 17.5 Å². The minimum absolute atomic E-state index is 0.107. The number of amides is 1. The fraction of sp³-hybridized carbons (Fsp3) is 0.312. The highest BCUT2D eigenvalue weighted by molar-refractivity contribution is 5.87. The number of carbonyl (C=O) groups is 1. The highest BCUT2D eigenvalue weighted by atomic mass is 16.2. The van der Waals surface area contributed by atoms with Crippen molar-refractivity contribution in [1.82, 2.24) is 24.3 Å². The van der Waals surface area contributed by atoms with Crippen LogP contribution in [0.5, 0.6) is 0 Å². The van der Waals surface area contributed by atoms with Crippen LogP contribution >= 0.6 is 0 Å². The third-order valence-electron chi connectivity index (χ3n) is 8.28. The third kappa shape index (κ3) is 5.45. The van der Waals surface area contributed by atoms with Crippen LogP contribution in [0.4, 0.5) is 23.0 Å². The number of anilines is 4. The van der Waals surface area contributed by atoms with E-state index >= 15 is 0 Å². The number of pyridine rings is 1. The Balaban J connectivity index is 1.26. The number of hydrogen-bond acceptors (Lipinski definition) is 8. The average Bonchev–Trinajstić information content (AvgIpc) is 3.03. The minimum atomic E-state index is -0.176. The van der Waals surface area contributed by atoms with Crippen LogP contribution in [0.3, 0.4) is 0 Å². The van der Waals surface area contributed by atoms with Crippen LogP contribution in [0.15, 0.2) is 84.3 Å². The van der Waals surface area contributed by atoms with Gasteiger partial charge in [0.2, 0.25) is 11.9 Å². The van der Waals surface area contributed by atoms with E-state index in [1.807, 2.05) is 48.5 Å². The molecule has 2 aliphatic heterocycles. The van der Waals surface area contributed by atoms with Gasteiger partial charge in [-0.3, -0.25) is 14.2 Å². The van der Waals surface area contributed by atoms with Crippen molar-refractivity contribution in [3.8, 4) is 0 Å². The molecule has 1 atom stereocenters. The van der Waals surface area contributed by atoms with Gasteiger partial charge in [0.15, 0.2) is 0 Å². The summed E-state index contributed by atoms with van der Waals surface area (Å²) in [5.41, 5.74) is 4.09. The van der Waals surface area contributed by atoms with E-state index < -0.39 is 0 Å². The van der Waals surface area contributed by atoms with E-state index in [4.69, 9.17) is 4.98 Å². The monoisotopic (exact) mass is 564 g/mol. The topological polar surface area (TPSA) is 89.8 Å². The third-order valence-corrected chi connectivity index (χ3v) is 8.28. The standard InChI is InChI=1S/C32H36N8O2/c1-4-29(41)39-18-19-40(28(22-39)23-8-6-5-7-9-23)27-20-24-21-33-32(35-30(24)37(3)31(27)42)34-25-10-12-26(13-11-25)38-16-14-36(2)15-17-38/h4-13,20-21,28H,1,14-19,22H2,2-3H3,(H,33,34,35). The Morgan fingerprint density at radius 3 is 2.43 bits per heavy atom. The minimum Gasteiger partial charge on any atom is -0.369 e. The molecule has 2 aliphatic rings. The van der Waals surface area contributed by atoms with Crippen LogP contribution in [0, 0.1) is 0 Å². The molecule has 2 aromatic heterocycles. The Kier molecular flexibility index (Phi) is 7.62. The van der Waals surface area contributed by atoms with Crippen LogP contribution in [0.2, 0.25) is 0 Å². The van der Waals surface area contributed by atoms with Gasteiger partial charge in [-0.05, 0) is 49.0 Å². The quantitative estimate of drug-likeness (QED) is 0.357. The van der Waals surface area contributed by atoms with Crippen molar-refractivity contribution in [2.45, 2.75) is 6.04 Å². The van der Waals surface area contributed by atoms with Crippen molar-refractivity contribution in [2.24, 2.45) is 7.05 Å². The second-order valence-corrected chi connectivity index (χ2v) is 10.9. The molecule has 2 saturated heterocycles. The van der Waals surface area contributed by atoms with E-state index in [1.165, 1.54) is 11.8 Å². The van der Waals surface area contributed by atoms with Crippen molar-refractivity contribution in [2.75, 3.05) is 68.0 Å². The van der Waals surface area contributed by atoms with E-state index in [1.54, 1.807) is 22.7 Å². The Hall–Kier alpha value is -4.70. The van der Waals surface area contributed by atoms with E-state index in [0.29, 0.717) is 36.9 Å². The van der Waals surface area contributed by atoms with Gasteiger partial charge < -0.3 is 24.9 Å². The summed E-state index contributed by atoms with van der Waals surface area (Å²) in [6.45, 7) is 9.28. The van der Waals surface area contributed by atoms with Gasteiger partial charge in [0, 0.05) is 75.8 Å². The lowest BCUT2D eigenvalue weighted by Crippen LogP contribution is -2.51. The summed E-state index contributed by atoms with van der Waals surface area (Å²) < 4.78 is 1.58. The molecule has 6 rings (SSSR count). The molecule has 0 aliphatic carbocycles. The summed E-state index contributed by atoms with van der Waals surface area (Å²) in [4.78, 5) is 44.1. The molecule has 42 heavy (non-hydrogen) atoms. The largest absolute Gasteiger partial charge is 0.369 e. The highest BCUT2D eigenvalue weighted by Gasteiger charge is 2.32. The number of aryl methyl sites for hydroxylation is 1. The number of fused-ring (bicyclic) bond motifs is 1. The van der Waals surface area contributed by atoms with Crippen LogP contribution in [-0.2, 0) is 11.8 Å². The molecule has 0 bridgehead atoms. The first kappa shape index (κ1) is 27.5. The maximum absolute atomic E-state index is 13.7. The fourth-order valence-corrected chi connectivity index (χ4v) is 5.81. The smallest absolute Gasteiger partial charge is 0.275 e. The van der Waals surface area contributed by atoms with Gasteiger partial charge in [-0.25, -0.2) is 4.98 Å². The van der Waals surface area contributed by atoms with Crippen LogP contribution in [0.1, 0.15) is 11.6 Å². The van der Waals surface area contributed by atoms with Gasteiger partial charge in [-0.15, -0.1) is 0 Å². The lowest BCUT2D eigenvalue weighted by Gasteiger charge is -2.42.